The number of nitrogens with zero attached hydrogens (tertiary/aromatic N) is 1. The van der Waals surface area contributed by atoms with E-state index in [0.717, 1.165) is 22.3 Å². The second-order valence-corrected chi connectivity index (χ2v) is 4.76. The minimum Gasteiger partial charge on any atom is -0.397 e. The molecule has 0 amide bonds. The minimum absolute atomic E-state index is 0.209. The van der Waals surface area contributed by atoms with Crippen LogP contribution in [0.1, 0.15) is 5.56 Å². The molecule has 0 atom stereocenters. The number of anilines is 2. The summed E-state index contributed by atoms with van der Waals surface area (Å²) in [5.74, 6) is 0.528. The normalized spacial score (nSPS) is 10.3. The van der Waals surface area contributed by atoms with E-state index in [1.807, 2.05) is 6.07 Å². The molecule has 18 heavy (non-hydrogen) atoms. The van der Waals surface area contributed by atoms with Gasteiger partial charge in [0.2, 0.25) is 0 Å². The van der Waals surface area contributed by atoms with Gasteiger partial charge in [-0.05, 0) is 46.1 Å². The number of aromatic nitrogens is 1. The first kappa shape index (κ1) is 12.8. The minimum atomic E-state index is -0.209. The van der Waals surface area contributed by atoms with E-state index in [4.69, 9.17) is 5.73 Å². The van der Waals surface area contributed by atoms with Crippen LogP contribution in [0.15, 0.2) is 41.0 Å². The van der Waals surface area contributed by atoms with Gasteiger partial charge in [0.25, 0.3) is 0 Å². The predicted molar refractivity (Wildman–Crippen MR) is 74.9 cm³/mol. The Balaban J connectivity index is 1.92. The molecule has 1 heterocycles. The van der Waals surface area contributed by atoms with E-state index in [-0.39, 0.29) is 5.82 Å². The Morgan fingerprint density at radius 2 is 2.17 bits per heavy atom. The Morgan fingerprint density at radius 1 is 1.33 bits per heavy atom. The van der Waals surface area contributed by atoms with E-state index < -0.39 is 0 Å². The zero-order chi connectivity index (χ0) is 13.0. The van der Waals surface area contributed by atoms with Gasteiger partial charge in [-0.25, -0.2) is 9.37 Å². The SMILES string of the molecule is Nc1cnc(NCCc2cccc(F)c2)c(Br)c1. The number of nitrogens with two attached hydrogens (primary N) is 1. The van der Waals surface area contributed by atoms with Crippen molar-refractivity contribution in [3.63, 3.8) is 0 Å². The van der Waals surface area contributed by atoms with Crippen LogP contribution in [0.4, 0.5) is 15.9 Å². The third kappa shape index (κ3) is 3.43. The predicted octanol–water partition coefficient (Wildman–Crippen LogP) is 3.22. The van der Waals surface area contributed by atoms with Crippen LogP contribution in [0.25, 0.3) is 0 Å². The van der Waals surface area contributed by atoms with Gasteiger partial charge in [0.05, 0.1) is 16.4 Å². The number of nitrogens with one attached hydrogen (secondary N) is 1. The summed E-state index contributed by atoms with van der Waals surface area (Å²) in [6.45, 7) is 0.680. The van der Waals surface area contributed by atoms with E-state index in [9.17, 15) is 4.39 Å². The average molecular weight is 310 g/mol. The fraction of sp³-hybridized carbons (Fsp3) is 0.154. The lowest BCUT2D eigenvalue weighted by Gasteiger charge is -2.08. The quantitative estimate of drug-likeness (QED) is 0.911. The number of nitrogen functional groups attached to an aromatic ring is 1. The van der Waals surface area contributed by atoms with Crippen molar-refractivity contribution in [2.45, 2.75) is 6.42 Å². The molecule has 0 spiro atoms. The lowest BCUT2D eigenvalue weighted by Crippen LogP contribution is -2.07. The molecule has 0 aliphatic carbocycles. The van der Waals surface area contributed by atoms with Crippen molar-refractivity contribution in [2.75, 3.05) is 17.6 Å². The lowest BCUT2D eigenvalue weighted by molar-refractivity contribution is 0.625. The van der Waals surface area contributed by atoms with Gasteiger partial charge >= 0.3 is 0 Å². The largest absolute Gasteiger partial charge is 0.397 e. The second kappa shape index (κ2) is 5.82. The molecule has 0 saturated heterocycles. The van der Waals surface area contributed by atoms with Crippen LogP contribution in [0.5, 0.6) is 0 Å². The topological polar surface area (TPSA) is 50.9 Å². The Kier molecular flexibility index (Phi) is 4.15. The Bertz CT molecular complexity index is 546. The van der Waals surface area contributed by atoms with Crippen molar-refractivity contribution in [2.24, 2.45) is 0 Å². The number of halogens is 2. The molecule has 2 aromatic rings. The highest BCUT2D eigenvalue weighted by Gasteiger charge is 2.01. The Labute approximate surface area is 113 Å². The molecule has 1 aromatic heterocycles. The Morgan fingerprint density at radius 3 is 2.89 bits per heavy atom. The van der Waals surface area contributed by atoms with Crippen LogP contribution in [-0.2, 0) is 6.42 Å². The van der Waals surface area contributed by atoms with Gasteiger partial charge in [-0.1, -0.05) is 12.1 Å². The molecule has 0 radical (unpaired) electrons. The molecule has 1 aromatic carbocycles. The van der Waals surface area contributed by atoms with Crippen LogP contribution < -0.4 is 11.1 Å². The smallest absolute Gasteiger partial charge is 0.140 e. The van der Waals surface area contributed by atoms with Gasteiger partial charge in [0.15, 0.2) is 0 Å². The number of pyridine rings is 1. The maximum Gasteiger partial charge on any atom is 0.140 e. The van der Waals surface area contributed by atoms with Gasteiger partial charge < -0.3 is 11.1 Å². The van der Waals surface area contributed by atoms with Gasteiger partial charge in [-0.2, -0.15) is 0 Å². The molecule has 3 N–H and O–H groups in total. The van der Waals surface area contributed by atoms with Crippen LogP contribution in [0.2, 0.25) is 0 Å². The molecule has 5 heteroatoms. The molecule has 0 saturated carbocycles. The van der Waals surface area contributed by atoms with Crippen molar-refractivity contribution >= 4 is 27.4 Å². The number of hydrogen-bond acceptors (Lipinski definition) is 3. The van der Waals surface area contributed by atoms with Gasteiger partial charge in [-0.3, -0.25) is 0 Å². The molecule has 0 fully saturated rings. The summed E-state index contributed by atoms with van der Waals surface area (Å²) < 4.78 is 13.8. The fourth-order valence-electron chi connectivity index (χ4n) is 1.60. The first-order valence-electron chi connectivity index (χ1n) is 5.54. The van der Waals surface area contributed by atoms with Gasteiger partial charge in [-0.15, -0.1) is 0 Å². The molecule has 0 aliphatic heterocycles. The van der Waals surface area contributed by atoms with E-state index in [0.29, 0.717) is 12.2 Å². The standard InChI is InChI=1S/C13H13BrFN3/c14-12-7-11(16)8-18-13(12)17-5-4-9-2-1-3-10(15)6-9/h1-3,6-8H,4-5,16H2,(H,17,18). The molecular formula is C13H13BrFN3. The van der Waals surface area contributed by atoms with Crippen molar-refractivity contribution in [3.8, 4) is 0 Å². The van der Waals surface area contributed by atoms with Crippen molar-refractivity contribution in [1.82, 2.24) is 4.98 Å². The summed E-state index contributed by atoms with van der Waals surface area (Å²) in [6.07, 6.45) is 2.32. The summed E-state index contributed by atoms with van der Waals surface area (Å²) in [5, 5.41) is 3.17. The summed E-state index contributed by atoms with van der Waals surface area (Å²) in [6, 6.07) is 8.37. The highest BCUT2D eigenvalue weighted by molar-refractivity contribution is 9.10. The summed E-state index contributed by atoms with van der Waals surface area (Å²) >= 11 is 3.38. The third-order valence-electron chi connectivity index (χ3n) is 2.46. The van der Waals surface area contributed by atoms with Crippen molar-refractivity contribution in [1.29, 1.82) is 0 Å². The summed E-state index contributed by atoms with van der Waals surface area (Å²) in [5.41, 5.74) is 7.16. The van der Waals surface area contributed by atoms with Crippen molar-refractivity contribution < 1.29 is 4.39 Å². The van der Waals surface area contributed by atoms with Crippen LogP contribution >= 0.6 is 15.9 Å². The van der Waals surface area contributed by atoms with Gasteiger partial charge in [0.1, 0.15) is 11.6 Å². The second-order valence-electron chi connectivity index (χ2n) is 3.91. The maximum atomic E-state index is 13.0. The van der Waals surface area contributed by atoms with Crippen LogP contribution in [0, 0.1) is 5.82 Å². The summed E-state index contributed by atoms with van der Waals surface area (Å²) in [7, 11) is 0. The lowest BCUT2D eigenvalue weighted by atomic mass is 10.1. The number of rotatable bonds is 4. The number of benzene rings is 1. The summed E-state index contributed by atoms with van der Waals surface area (Å²) in [4.78, 5) is 4.17. The fourth-order valence-corrected chi connectivity index (χ4v) is 2.11. The average Bonchev–Trinajstić information content (AvgIpc) is 2.32. The van der Waals surface area contributed by atoms with Crippen molar-refractivity contribution in [3.05, 3.63) is 52.4 Å². The maximum absolute atomic E-state index is 13.0. The zero-order valence-electron chi connectivity index (χ0n) is 9.66. The zero-order valence-corrected chi connectivity index (χ0v) is 11.2. The first-order valence-corrected chi connectivity index (χ1v) is 6.34. The molecular weight excluding hydrogens is 297 g/mol. The first-order chi connectivity index (χ1) is 8.65. The van der Waals surface area contributed by atoms with Crippen LogP contribution in [0.3, 0.4) is 0 Å². The van der Waals surface area contributed by atoms with E-state index in [1.165, 1.54) is 12.1 Å². The Hall–Kier alpha value is -1.62. The molecule has 0 bridgehead atoms. The molecule has 94 valence electrons. The van der Waals surface area contributed by atoms with E-state index in [1.54, 1.807) is 18.3 Å². The van der Waals surface area contributed by atoms with Crippen LogP contribution in [-0.4, -0.2) is 11.5 Å². The third-order valence-corrected chi connectivity index (χ3v) is 3.06. The molecule has 0 aliphatic rings. The van der Waals surface area contributed by atoms with Gasteiger partial charge in [0, 0.05) is 6.54 Å². The van der Waals surface area contributed by atoms with E-state index in [2.05, 4.69) is 26.2 Å². The molecule has 0 unspecified atom stereocenters. The highest BCUT2D eigenvalue weighted by atomic mass is 79.9. The highest BCUT2D eigenvalue weighted by Crippen LogP contribution is 2.21. The number of hydrogen-bond donors (Lipinski definition) is 2. The van der Waals surface area contributed by atoms with E-state index >= 15 is 0 Å². The monoisotopic (exact) mass is 309 g/mol. The molecule has 2 rings (SSSR count). The molecule has 3 nitrogen and oxygen atoms in total.